The maximum atomic E-state index is 11.0. The minimum atomic E-state index is -3.42. The van der Waals surface area contributed by atoms with E-state index >= 15 is 0 Å². The molecular weight excluding hydrogens is 384 g/mol. The summed E-state index contributed by atoms with van der Waals surface area (Å²) in [4.78, 5) is 0. The Bertz CT molecular complexity index is 818. The quantitative estimate of drug-likeness (QED) is 0.450. The number of aromatic nitrogens is 3. The van der Waals surface area contributed by atoms with Crippen LogP contribution < -0.4 is 9.88 Å². The smallest absolute Gasteiger partial charge is 0.209 e. The highest BCUT2D eigenvalue weighted by molar-refractivity contribution is 7.99. The summed E-state index contributed by atoms with van der Waals surface area (Å²) in [7, 11) is -3.42. The monoisotopic (exact) mass is 412 g/mol. The fourth-order valence-corrected chi connectivity index (χ4v) is 4.11. The van der Waals surface area contributed by atoms with Crippen LogP contribution in [0.15, 0.2) is 29.4 Å². The molecule has 0 saturated carbocycles. The lowest BCUT2D eigenvalue weighted by molar-refractivity contribution is 0.284. The first-order valence-corrected chi connectivity index (χ1v) is 11.8. The van der Waals surface area contributed by atoms with Crippen molar-refractivity contribution in [1.29, 1.82) is 0 Å². The van der Waals surface area contributed by atoms with Gasteiger partial charge in [0.1, 0.15) is 12.4 Å². The molecule has 2 N–H and O–H groups in total. The molecule has 1 aromatic carbocycles. The molecule has 27 heavy (non-hydrogen) atoms. The molecule has 150 valence electrons. The predicted octanol–water partition coefficient (Wildman–Crippen LogP) is 2.85. The van der Waals surface area contributed by atoms with Gasteiger partial charge in [0.25, 0.3) is 0 Å². The standard InChI is InChI=1S/C18H28N4O3S2/c1-4-15-6-8-16(9-7-15)25-13-17-20-21-18(22(17)12-14(2)3)26-10-5-11-27(19,23)24/h6-9,14H,4-5,10-13H2,1-3H3,(H2,19,23,24). The van der Waals surface area contributed by atoms with Crippen molar-refractivity contribution in [2.45, 2.75) is 51.9 Å². The molecule has 0 amide bonds. The van der Waals surface area contributed by atoms with Gasteiger partial charge in [-0.2, -0.15) is 0 Å². The van der Waals surface area contributed by atoms with Gasteiger partial charge in [-0.25, -0.2) is 13.6 Å². The van der Waals surface area contributed by atoms with E-state index in [0.29, 0.717) is 24.7 Å². The molecule has 2 rings (SSSR count). The summed E-state index contributed by atoms with van der Waals surface area (Å²) < 4.78 is 30.0. The Balaban J connectivity index is 2.00. The Morgan fingerprint density at radius 2 is 1.93 bits per heavy atom. The fourth-order valence-electron chi connectivity index (χ4n) is 2.47. The Hall–Kier alpha value is -1.58. The van der Waals surface area contributed by atoms with Crippen LogP contribution in [0.2, 0.25) is 0 Å². The summed E-state index contributed by atoms with van der Waals surface area (Å²) >= 11 is 1.49. The van der Waals surface area contributed by atoms with Crippen LogP contribution in [0.25, 0.3) is 0 Å². The van der Waals surface area contributed by atoms with Gasteiger partial charge < -0.3 is 9.30 Å². The zero-order valence-electron chi connectivity index (χ0n) is 16.1. The summed E-state index contributed by atoms with van der Waals surface area (Å²) in [5.74, 6) is 2.58. The van der Waals surface area contributed by atoms with E-state index in [1.54, 1.807) is 0 Å². The van der Waals surface area contributed by atoms with Crippen LogP contribution in [0, 0.1) is 5.92 Å². The molecule has 0 radical (unpaired) electrons. The molecule has 2 aromatic rings. The van der Waals surface area contributed by atoms with Crippen molar-refractivity contribution in [3.63, 3.8) is 0 Å². The van der Waals surface area contributed by atoms with Gasteiger partial charge in [-0.3, -0.25) is 0 Å². The van der Waals surface area contributed by atoms with Crippen LogP contribution in [-0.4, -0.2) is 34.7 Å². The largest absolute Gasteiger partial charge is 0.486 e. The van der Waals surface area contributed by atoms with E-state index < -0.39 is 10.0 Å². The Morgan fingerprint density at radius 1 is 1.22 bits per heavy atom. The van der Waals surface area contributed by atoms with Crippen LogP contribution in [-0.2, 0) is 29.6 Å². The predicted molar refractivity (Wildman–Crippen MR) is 108 cm³/mol. The number of hydrogen-bond donors (Lipinski definition) is 1. The molecule has 1 aromatic heterocycles. The number of primary sulfonamides is 1. The number of thioether (sulfide) groups is 1. The Kier molecular flexibility index (Phi) is 8.12. The van der Waals surface area contributed by atoms with Gasteiger partial charge in [-0.05, 0) is 36.5 Å². The van der Waals surface area contributed by atoms with Crippen LogP contribution in [0.4, 0.5) is 0 Å². The second kappa shape index (κ2) is 10.1. The van der Waals surface area contributed by atoms with Crippen LogP contribution in [0.5, 0.6) is 5.75 Å². The molecule has 1 heterocycles. The highest BCUT2D eigenvalue weighted by Crippen LogP contribution is 2.21. The zero-order chi connectivity index (χ0) is 19.9. The molecule has 0 spiro atoms. The lowest BCUT2D eigenvalue weighted by Crippen LogP contribution is -2.17. The first-order valence-electron chi connectivity index (χ1n) is 9.05. The van der Waals surface area contributed by atoms with Crippen molar-refractivity contribution < 1.29 is 13.2 Å². The van der Waals surface area contributed by atoms with Crippen molar-refractivity contribution in [3.8, 4) is 5.75 Å². The first kappa shape index (κ1) is 21.7. The molecule has 0 unspecified atom stereocenters. The number of aryl methyl sites for hydroxylation is 1. The summed E-state index contributed by atoms with van der Waals surface area (Å²) in [6.07, 6.45) is 1.47. The van der Waals surface area contributed by atoms with Crippen molar-refractivity contribution in [2.75, 3.05) is 11.5 Å². The molecule has 0 saturated heterocycles. The van der Waals surface area contributed by atoms with Crippen LogP contribution >= 0.6 is 11.8 Å². The van der Waals surface area contributed by atoms with E-state index in [2.05, 4.69) is 43.1 Å². The van der Waals surface area contributed by atoms with Gasteiger partial charge in [0, 0.05) is 12.3 Å². The lowest BCUT2D eigenvalue weighted by atomic mass is 10.2. The number of sulfonamides is 1. The van der Waals surface area contributed by atoms with E-state index in [1.165, 1.54) is 17.3 Å². The molecule has 0 bridgehead atoms. The van der Waals surface area contributed by atoms with Crippen molar-refractivity contribution in [3.05, 3.63) is 35.7 Å². The number of ether oxygens (including phenoxy) is 1. The van der Waals surface area contributed by atoms with E-state index in [9.17, 15) is 8.42 Å². The summed E-state index contributed by atoms with van der Waals surface area (Å²) in [6, 6.07) is 8.04. The lowest BCUT2D eigenvalue weighted by Gasteiger charge is -2.13. The van der Waals surface area contributed by atoms with Gasteiger partial charge in [0.05, 0.1) is 5.75 Å². The summed E-state index contributed by atoms with van der Waals surface area (Å²) in [6.45, 7) is 7.49. The maximum absolute atomic E-state index is 11.0. The Morgan fingerprint density at radius 3 is 2.52 bits per heavy atom. The van der Waals surface area contributed by atoms with Gasteiger partial charge in [-0.15, -0.1) is 10.2 Å². The normalized spacial score (nSPS) is 11.9. The summed E-state index contributed by atoms with van der Waals surface area (Å²) in [5, 5.41) is 14.3. The van der Waals surface area contributed by atoms with Gasteiger partial charge in [-0.1, -0.05) is 44.7 Å². The second-order valence-electron chi connectivity index (χ2n) is 6.76. The molecule has 0 atom stereocenters. The number of nitrogens with zero attached hydrogens (tertiary/aromatic N) is 3. The average molecular weight is 413 g/mol. The number of rotatable bonds is 11. The van der Waals surface area contributed by atoms with E-state index in [1.807, 2.05) is 16.7 Å². The molecule has 9 heteroatoms. The third kappa shape index (κ3) is 7.51. The molecule has 0 aliphatic heterocycles. The number of nitrogens with two attached hydrogens (primary N) is 1. The third-order valence-corrected chi connectivity index (χ3v) is 5.76. The van der Waals surface area contributed by atoms with Crippen molar-refractivity contribution in [1.82, 2.24) is 14.8 Å². The highest BCUT2D eigenvalue weighted by atomic mass is 32.2. The molecular formula is C18H28N4O3S2. The maximum Gasteiger partial charge on any atom is 0.209 e. The van der Waals surface area contributed by atoms with Gasteiger partial charge >= 0.3 is 0 Å². The molecule has 0 aliphatic rings. The van der Waals surface area contributed by atoms with Gasteiger partial charge in [0.15, 0.2) is 11.0 Å². The van der Waals surface area contributed by atoms with Crippen molar-refractivity contribution >= 4 is 21.8 Å². The zero-order valence-corrected chi connectivity index (χ0v) is 17.7. The average Bonchev–Trinajstić information content (AvgIpc) is 2.97. The van der Waals surface area contributed by atoms with E-state index in [4.69, 9.17) is 9.88 Å². The van der Waals surface area contributed by atoms with E-state index in [-0.39, 0.29) is 5.75 Å². The minimum Gasteiger partial charge on any atom is -0.486 e. The molecule has 7 nitrogen and oxygen atoms in total. The number of hydrogen-bond acceptors (Lipinski definition) is 6. The van der Waals surface area contributed by atoms with Gasteiger partial charge in [0.2, 0.25) is 10.0 Å². The molecule has 0 aliphatic carbocycles. The van der Waals surface area contributed by atoms with Crippen LogP contribution in [0.3, 0.4) is 0 Å². The number of benzene rings is 1. The van der Waals surface area contributed by atoms with Crippen molar-refractivity contribution in [2.24, 2.45) is 11.1 Å². The van der Waals surface area contributed by atoms with Crippen LogP contribution in [0.1, 0.15) is 38.6 Å². The Labute approximate surface area is 165 Å². The fraction of sp³-hybridized carbons (Fsp3) is 0.556. The third-order valence-electron chi connectivity index (χ3n) is 3.85. The molecule has 0 fully saturated rings. The first-order chi connectivity index (χ1) is 12.8. The topological polar surface area (TPSA) is 100 Å². The minimum absolute atomic E-state index is 0.0258. The second-order valence-corrected chi connectivity index (χ2v) is 9.55. The SMILES string of the molecule is CCc1ccc(OCc2nnc(SCCCS(N)(=O)=O)n2CC(C)C)cc1. The van der Waals surface area contributed by atoms with E-state index in [0.717, 1.165) is 29.7 Å². The highest BCUT2D eigenvalue weighted by Gasteiger charge is 2.15. The summed E-state index contributed by atoms with van der Waals surface area (Å²) in [5.41, 5.74) is 1.27.